The van der Waals surface area contributed by atoms with Crippen molar-refractivity contribution in [3.63, 3.8) is 0 Å². The van der Waals surface area contributed by atoms with Crippen LogP contribution in [0.4, 0.5) is 0 Å². The molecule has 0 fully saturated rings. The van der Waals surface area contributed by atoms with Gasteiger partial charge >= 0.3 is 5.97 Å². The predicted molar refractivity (Wildman–Crippen MR) is 102 cm³/mol. The highest BCUT2D eigenvalue weighted by molar-refractivity contribution is 7.98. The molecule has 0 aliphatic carbocycles. The lowest BCUT2D eigenvalue weighted by atomic mass is 10.0. The van der Waals surface area contributed by atoms with E-state index in [4.69, 9.17) is 9.52 Å². The molecular weight excluding hydrogens is 336 g/mol. The third kappa shape index (κ3) is 3.42. The maximum absolute atomic E-state index is 13.0. The highest BCUT2D eigenvalue weighted by Gasteiger charge is 2.14. The van der Waals surface area contributed by atoms with E-state index >= 15 is 0 Å². The molecule has 0 radical (unpaired) electrons. The molecule has 25 heavy (non-hydrogen) atoms. The quantitative estimate of drug-likeness (QED) is 0.378. The van der Waals surface area contributed by atoms with Crippen molar-refractivity contribution in [3.8, 4) is 0 Å². The molecule has 0 saturated carbocycles. The first-order valence-corrected chi connectivity index (χ1v) is 9.58. The van der Waals surface area contributed by atoms with Crippen molar-refractivity contribution in [2.75, 3.05) is 6.26 Å². The number of aryl methyl sites for hydroxylation is 1. The van der Waals surface area contributed by atoms with Gasteiger partial charge in [-0.25, -0.2) is 4.79 Å². The summed E-state index contributed by atoms with van der Waals surface area (Å²) in [4.78, 5) is 25.1. The van der Waals surface area contributed by atoms with E-state index in [0.29, 0.717) is 21.9 Å². The van der Waals surface area contributed by atoms with Gasteiger partial charge in [0.2, 0.25) is 5.43 Å². The first kappa shape index (κ1) is 17.5. The summed E-state index contributed by atoms with van der Waals surface area (Å²) in [5, 5.41) is 9.99. The summed E-state index contributed by atoms with van der Waals surface area (Å²) < 4.78 is 5.95. The lowest BCUT2D eigenvalue weighted by molar-refractivity contribution is 0.0697. The fourth-order valence-electron chi connectivity index (χ4n) is 2.99. The zero-order valence-electron chi connectivity index (χ0n) is 14.3. The number of aromatic carboxylic acids is 1. The van der Waals surface area contributed by atoms with Gasteiger partial charge in [0.15, 0.2) is 5.58 Å². The molecule has 2 aromatic carbocycles. The highest BCUT2D eigenvalue weighted by atomic mass is 32.2. The fourth-order valence-corrected chi connectivity index (χ4v) is 3.60. The smallest absolute Gasteiger partial charge is 0.335 e. The van der Waals surface area contributed by atoms with Gasteiger partial charge in [0, 0.05) is 0 Å². The van der Waals surface area contributed by atoms with Crippen LogP contribution in [0.5, 0.6) is 0 Å². The maximum Gasteiger partial charge on any atom is 0.335 e. The van der Waals surface area contributed by atoms with E-state index in [-0.39, 0.29) is 11.0 Å². The highest BCUT2D eigenvalue weighted by Crippen LogP contribution is 2.30. The molecule has 0 bridgehead atoms. The SMILES string of the molecule is CCCCCc1cc(SC)c2oc3ccc(C(=O)O)cc3c(=O)c2c1. The summed E-state index contributed by atoms with van der Waals surface area (Å²) in [6.45, 7) is 2.16. The minimum absolute atomic E-state index is 0.0864. The van der Waals surface area contributed by atoms with Crippen molar-refractivity contribution >= 4 is 39.7 Å². The van der Waals surface area contributed by atoms with Crippen LogP contribution in [-0.4, -0.2) is 17.3 Å². The molecule has 1 N–H and O–H groups in total. The van der Waals surface area contributed by atoms with Gasteiger partial charge in [-0.3, -0.25) is 4.79 Å². The Morgan fingerprint density at radius 2 is 1.96 bits per heavy atom. The number of thioether (sulfide) groups is 1. The molecule has 0 atom stereocenters. The summed E-state index contributed by atoms with van der Waals surface area (Å²) in [6, 6.07) is 8.38. The van der Waals surface area contributed by atoms with Crippen molar-refractivity contribution < 1.29 is 14.3 Å². The monoisotopic (exact) mass is 356 g/mol. The Morgan fingerprint density at radius 1 is 1.16 bits per heavy atom. The number of rotatable bonds is 6. The van der Waals surface area contributed by atoms with Crippen LogP contribution in [0.15, 0.2) is 44.4 Å². The molecule has 0 spiro atoms. The van der Waals surface area contributed by atoms with Crippen LogP contribution < -0.4 is 5.43 Å². The van der Waals surface area contributed by atoms with Gasteiger partial charge in [-0.2, -0.15) is 0 Å². The van der Waals surface area contributed by atoms with Crippen LogP contribution in [0.1, 0.15) is 42.1 Å². The maximum atomic E-state index is 13.0. The summed E-state index contributed by atoms with van der Waals surface area (Å²) in [5.74, 6) is -1.06. The predicted octanol–water partition coefficient (Wildman–Crippen LogP) is 5.10. The Balaban J connectivity index is 2.24. The second-order valence-corrected chi connectivity index (χ2v) is 6.93. The van der Waals surface area contributed by atoms with Crippen LogP contribution in [0, 0.1) is 0 Å². The largest absolute Gasteiger partial charge is 0.478 e. The minimum atomic E-state index is -1.06. The number of carboxylic acids is 1. The van der Waals surface area contributed by atoms with E-state index in [9.17, 15) is 9.59 Å². The molecule has 5 heteroatoms. The molecule has 0 aliphatic rings. The van der Waals surface area contributed by atoms with Gasteiger partial charge in [0.05, 0.1) is 21.2 Å². The van der Waals surface area contributed by atoms with Gasteiger partial charge < -0.3 is 9.52 Å². The van der Waals surface area contributed by atoms with E-state index in [1.165, 1.54) is 12.1 Å². The molecule has 130 valence electrons. The molecule has 0 aliphatic heterocycles. The number of unbranched alkanes of at least 4 members (excludes halogenated alkanes) is 2. The van der Waals surface area contributed by atoms with Crippen molar-refractivity contribution in [2.24, 2.45) is 0 Å². The van der Waals surface area contributed by atoms with E-state index < -0.39 is 5.97 Å². The van der Waals surface area contributed by atoms with E-state index in [0.717, 1.165) is 36.1 Å². The second-order valence-electron chi connectivity index (χ2n) is 6.08. The first-order chi connectivity index (χ1) is 12.0. The average molecular weight is 356 g/mol. The van der Waals surface area contributed by atoms with Crippen molar-refractivity contribution in [3.05, 3.63) is 51.7 Å². The topological polar surface area (TPSA) is 67.5 Å². The third-order valence-electron chi connectivity index (χ3n) is 4.33. The van der Waals surface area contributed by atoms with Crippen LogP contribution >= 0.6 is 11.8 Å². The standard InChI is InChI=1S/C20H20O4S/c1-3-4-5-6-12-9-15-18(21)14-11-13(20(22)23)7-8-16(14)24-19(15)17(10-12)25-2/h7-11H,3-6H2,1-2H3,(H,22,23). The lowest BCUT2D eigenvalue weighted by Gasteiger charge is -2.09. The van der Waals surface area contributed by atoms with Gasteiger partial charge in [0.1, 0.15) is 5.58 Å². The van der Waals surface area contributed by atoms with Crippen LogP contribution in [0.3, 0.4) is 0 Å². The molecule has 0 saturated heterocycles. The first-order valence-electron chi connectivity index (χ1n) is 8.36. The average Bonchev–Trinajstić information content (AvgIpc) is 2.61. The molecule has 3 rings (SSSR count). The normalized spacial score (nSPS) is 11.3. The van der Waals surface area contributed by atoms with Gasteiger partial charge in [-0.15, -0.1) is 11.8 Å². The van der Waals surface area contributed by atoms with Gasteiger partial charge in [-0.05, 0) is 55.0 Å². The Labute approximate surface area is 149 Å². The summed E-state index contributed by atoms with van der Waals surface area (Å²) in [5.41, 5.74) is 2.02. The zero-order chi connectivity index (χ0) is 18.0. The molecule has 1 heterocycles. The molecule has 1 aromatic heterocycles. The number of hydrogen-bond acceptors (Lipinski definition) is 4. The summed E-state index contributed by atoms with van der Waals surface area (Å²) in [7, 11) is 0. The lowest BCUT2D eigenvalue weighted by Crippen LogP contribution is -2.06. The van der Waals surface area contributed by atoms with Crippen molar-refractivity contribution in [1.82, 2.24) is 0 Å². The Hall–Kier alpha value is -2.27. The minimum Gasteiger partial charge on any atom is -0.478 e. The van der Waals surface area contributed by atoms with Gasteiger partial charge in [-0.1, -0.05) is 19.8 Å². The molecule has 3 aromatic rings. The van der Waals surface area contributed by atoms with Gasteiger partial charge in [0.25, 0.3) is 0 Å². The summed E-state index contributed by atoms with van der Waals surface area (Å²) >= 11 is 1.55. The Bertz CT molecular complexity index is 1000. The van der Waals surface area contributed by atoms with Crippen LogP contribution in [0.25, 0.3) is 21.9 Å². The molecule has 0 unspecified atom stereocenters. The summed E-state index contributed by atoms with van der Waals surface area (Å²) in [6.07, 6.45) is 6.26. The number of benzene rings is 2. The Morgan fingerprint density at radius 3 is 2.64 bits per heavy atom. The molecular formula is C20H20O4S. The van der Waals surface area contributed by atoms with E-state index in [2.05, 4.69) is 13.0 Å². The van der Waals surface area contributed by atoms with Crippen LogP contribution in [0.2, 0.25) is 0 Å². The number of carbonyl (C=O) groups is 1. The van der Waals surface area contributed by atoms with E-state index in [1.54, 1.807) is 17.8 Å². The fraction of sp³-hybridized carbons (Fsp3) is 0.300. The van der Waals surface area contributed by atoms with Crippen molar-refractivity contribution in [1.29, 1.82) is 0 Å². The Kier molecular flexibility index (Phi) is 5.13. The van der Waals surface area contributed by atoms with E-state index in [1.807, 2.05) is 12.3 Å². The molecule has 4 nitrogen and oxygen atoms in total. The third-order valence-corrected chi connectivity index (χ3v) is 5.07. The zero-order valence-corrected chi connectivity index (χ0v) is 15.1. The number of hydrogen-bond donors (Lipinski definition) is 1. The molecule has 0 amide bonds. The number of fused-ring (bicyclic) bond motifs is 2. The van der Waals surface area contributed by atoms with Crippen molar-refractivity contribution in [2.45, 2.75) is 37.5 Å². The second kappa shape index (κ2) is 7.31. The number of carboxylic acid groups (broad SMARTS) is 1. The van der Waals surface area contributed by atoms with Crippen LogP contribution in [-0.2, 0) is 6.42 Å².